The monoisotopic (exact) mass is 397 g/mol. The number of rotatable bonds is 9. The van der Waals surface area contributed by atoms with Gasteiger partial charge < -0.3 is 14.8 Å². The van der Waals surface area contributed by atoms with Crippen molar-refractivity contribution >= 4 is 22.6 Å². The molecule has 2 heterocycles. The summed E-state index contributed by atoms with van der Waals surface area (Å²) in [4.78, 5) is 28.1. The molecule has 2 aromatic rings. The van der Waals surface area contributed by atoms with Crippen LogP contribution in [-0.2, 0) is 4.79 Å². The lowest BCUT2D eigenvalue weighted by Gasteiger charge is -2.32. The van der Waals surface area contributed by atoms with Gasteiger partial charge in [-0.05, 0) is 45.7 Å². The number of hydrogen-bond acceptors (Lipinski definition) is 3. The minimum absolute atomic E-state index is 0.0943. The van der Waals surface area contributed by atoms with Crippen molar-refractivity contribution in [2.75, 3.05) is 19.6 Å². The molecule has 1 fully saturated rings. The number of unbranched alkanes of at least 4 members (excludes halogenated alkanes) is 3. The van der Waals surface area contributed by atoms with Gasteiger partial charge in [-0.25, -0.2) is 0 Å². The van der Waals surface area contributed by atoms with Crippen LogP contribution in [-0.4, -0.2) is 46.8 Å². The van der Waals surface area contributed by atoms with Crippen LogP contribution in [0.1, 0.15) is 75.7 Å². The van der Waals surface area contributed by atoms with E-state index < -0.39 is 11.7 Å². The molecule has 0 spiro atoms. The number of likely N-dealkylation sites (tertiary alicyclic amines) is 1. The Morgan fingerprint density at radius 1 is 1.10 bits per heavy atom. The number of Topliss-reactive ketones (excluding diaryl/α,β-unsaturated/α-hetero) is 1. The van der Waals surface area contributed by atoms with Crippen LogP contribution in [0.15, 0.2) is 30.5 Å². The van der Waals surface area contributed by atoms with Crippen molar-refractivity contribution in [3.8, 4) is 0 Å². The number of aromatic nitrogens is 1. The van der Waals surface area contributed by atoms with E-state index in [0.717, 1.165) is 43.4 Å². The Morgan fingerprint density at radius 3 is 2.52 bits per heavy atom. The number of piperidine rings is 1. The van der Waals surface area contributed by atoms with Gasteiger partial charge in [0.15, 0.2) is 0 Å². The standard InChI is InChI=1S/C24H35N3O2/c1-4-5-6-9-14-26-15-12-19(13-16-26)25-24(29)23(28)21-17-27(18(2)3)22-11-8-7-10-20(21)22/h7-8,10-11,17-19H,4-6,9,12-16H2,1-3H3,(H,25,29). The average Bonchev–Trinajstić information content (AvgIpc) is 3.12. The quantitative estimate of drug-likeness (QED) is 0.383. The molecule has 1 saturated heterocycles. The number of benzene rings is 1. The van der Waals surface area contributed by atoms with Gasteiger partial charge in [-0.1, -0.05) is 44.4 Å². The van der Waals surface area contributed by atoms with Gasteiger partial charge in [0.2, 0.25) is 0 Å². The molecule has 1 aliphatic heterocycles. The van der Waals surface area contributed by atoms with E-state index in [1.54, 1.807) is 0 Å². The van der Waals surface area contributed by atoms with Gasteiger partial charge in [-0.2, -0.15) is 0 Å². The molecule has 0 radical (unpaired) electrons. The van der Waals surface area contributed by atoms with Crippen molar-refractivity contribution < 1.29 is 9.59 Å². The summed E-state index contributed by atoms with van der Waals surface area (Å²) in [5.41, 5.74) is 1.50. The van der Waals surface area contributed by atoms with Crippen LogP contribution < -0.4 is 5.32 Å². The number of nitrogens with one attached hydrogen (secondary N) is 1. The summed E-state index contributed by atoms with van der Waals surface area (Å²) in [6.45, 7) is 9.54. The Bertz CT molecular complexity index is 832. The van der Waals surface area contributed by atoms with E-state index in [1.807, 2.05) is 30.5 Å². The lowest BCUT2D eigenvalue weighted by atomic mass is 10.0. The molecule has 29 heavy (non-hydrogen) atoms. The molecular weight excluding hydrogens is 362 g/mol. The smallest absolute Gasteiger partial charge is 0.292 e. The van der Waals surface area contributed by atoms with Crippen molar-refractivity contribution in [3.63, 3.8) is 0 Å². The fourth-order valence-corrected chi connectivity index (χ4v) is 4.25. The van der Waals surface area contributed by atoms with Crippen LogP contribution in [0.5, 0.6) is 0 Å². The summed E-state index contributed by atoms with van der Waals surface area (Å²) in [5.74, 6) is -0.902. The lowest BCUT2D eigenvalue weighted by molar-refractivity contribution is -0.117. The van der Waals surface area contributed by atoms with Crippen LogP contribution in [0.2, 0.25) is 0 Å². The fraction of sp³-hybridized carbons (Fsp3) is 0.583. The molecule has 3 rings (SSSR count). The maximum absolute atomic E-state index is 12.9. The number of hydrogen-bond donors (Lipinski definition) is 1. The zero-order valence-corrected chi connectivity index (χ0v) is 18.1. The number of amides is 1. The molecule has 0 unspecified atom stereocenters. The summed E-state index contributed by atoms with van der Waals surface area (Å²) in [5, 5.41) is 3.84. The minimum atomic E-state index is -0.474. The minimum Gasteiger partial charge on any atom is -0.346 e. The van der Waals surface area contributed by atoms with Crippen LogP contribution in [0.3, 0.4) is 0 Å². The van der Waals surface area contributed by atoms with Crippen molar-refractivity contribution in [3.05, 3.63) is 36.0 Å². The Hall–Kier alpha value is -2.14. The molecule has 1 N–H and O–H groups in total. The number of para-hydroxylation sites is 1. The second-order valence-electron chi connectivity index (χ2n) is 8.54. The van der Waals surface area contributed by atoms with Gasteiger partial charge in [0.1, 0.15) is 0 Å². The molecule has 158 valence electrons. The molecule has 0 aliphatic carbocycles. The first-order valence-electron chi connectivity index (χ1n) is 11.2. The second kappa shape index (κ2) is 10.1. The molecule has 1 amide bonds. The van der Waals surface area contributed by atoms with Crippen molar-refractivity contribution in [2.24, 2.45) is 0 Å². The molecular formula is C24H35N3O2. The van der Waals surface area contributed by atoms with Crippen molar-refractivity contribution in [2.45, 2.75) is 71.4 Å². The Kier molecular flexibility index (Phi) is 7.48. The van der Waals surface area contributed by atoms with Crippen LogP contribution in [0.25, 0.3) is 10.9 Å². The summed E-state index contributed by atoms with van der Waals surface area (Å²) >= 11 is 0. The van der Waals surface area contributed by atoms with Crippen molar-refractivity contribution in [1.29, 1.82) is 0 Å². The van der Waals surface area contributed by atoms with Gasteiger partial charge in [-0.3, -0.25) is 9.59 Å². The molecule has 1 aliphatic rings. The van der Waals surface area contributed by atoms with E-state index in [9.17, 15) is 9.59 Å². The van der Waals surface area contributed by atoms with Gasteiger partial charge in [0.25, 0.3) is 11.7 Å². The number of nitrogens with zero attached hydrogens (tertiary/aromatic N) is 2. The largest absolute Gasteiger partial charge is 0.346 e. The molecule has 0 atom stereocenters. The third-order valence-corrected chi connectivity index (χ3v) is 6.00. The third-order valence-electron chi connectivity index (χ3n) is 6.00. The first kappa shape index (κ1) is 21.6. The molecule has 5 heteroatoms. The van der Waals surface area contributed by atoms with E-state index in [-0.39, 0.29) is 12.1 Å². The summed E-state index contributed by atoms with van der Waals surface area (Å²) in [7, 11) is 0. The molecule has 5 nitrogen and oxygen atoms in total. The predicted molar refractivity (Wildman–Crippen MR) is 118 cm³/mol. The third kappa shape index (κ3) is 5.27. The SMILES string of the molecule is CCCCCCN1CCC(NC(=O)C(=O)c2cn(C(C)C)c3ccccc23)CC1. The molecule has 1 aromatic heterocycles. The maximum Gasteiger partial charge on any atom is 0.292 e. The normalized spacial score (nSPS) is 15.9. The topological polar surface area (TPSA) is 54.3 Å². The van der Waals surface area contributed by atoms with Crippen LogP contribution in [0, 0.1) is 0 Å². The maximum atomic E-state index is 12.9. The Balaban J connectivity index is 1.57. The lowest BCUT2D eigenvalue weighted by Crippen LogP contribution is -2.46. The first-order valence-corrected chi connectivity index (χ1v) is 11.2. The van der Waals surface area contributed by atoms with E-state index in [4.69, 9.17) is 0 Å². The summed E-state index contributed by atoms with van der Waals surface area (Å²) in [6.07, 6.45) is 8.78. The van der Waals surface area contributed by atoms with E-state index in [1.165, 1.54) is 25.7 Å². The van der Waals surface area contributed by atoms with E-state index in [0.29, 0.717) is 5.56 Å². The second-order valence-corrected chi connectivity index (χ2v) is 8.54. The van der Waals surface area contributed by atoms with Crippen LogP contribution >= 0.6 is 0 Å². The van der Waals surface area contributed by atoms with Gasteiger partial charge in [0.05, 0.1) is 5.56 Å². The highest BCUT2D eigenvalue weighted by Gasteiger charge is 2.26. The summed E-state index contributed by atoms with van der Waals surface area (Å²) in [6, 6.07) is 8.12. The predicted octanol–water partition coefficient (Wildman–Crippen LogP) is 4.57. The molecule has 0 bridgehead atoms. The molecule has 1 aromatic carbocycles. The fourth-order valence-electron chi connectivity index (χ4n) is 4.25. The number of ketones is 1. The zero-order chi connectivity index (χ0) is 20.8. The highest BCUT2D eigenvalue weighted by molar-refractivity contribution is 6.45. The highest BCUT2D eigenvalue weighted by atomic mass is 16.2. The average molecular weight is 398 g/mol. The number of fused-ring (bicyclic) bond motifs is 1. The number of carbonyl (C=O) groups is 2. The van der Waals surface area contributed by atoms with Gasteiger partial charge in [0, 0.05) is 42.3 Å². The van der Waals surface area contributed by atoms with E-state index in [2.05, 4.69) is 35.6 Å². The number of carbonyl (C=O) groups excluding carboxylic acids is 2. The highest BCUT2D eigenvalue weighted by Crippen LogP contribution is 2.25. The van der Waals surface area contributed by atoms with Crippen molar-refractivity contribution in [1.82, 2.24) is 14.8 Å². The Morgan fingerprint density at radius 2 is 1.83 bits per heavy atom. The van der Waals surface area contributed by atoms with E-state index >= 15 is 0 Å². The van der Waals surface area contributed by atoms with Gasteiger partial charge in [-0.15, -0.1) is 0 Å². The van der Waals surface area contributed by atoms with Crippen LogP contribution in [0.4, 0.5) is 0 Å². The summed E-state index contributed by atoms with van der Waals surface area (Å²) < 4.78 is 2.06. The van der Waals surface area contributed by atoms with Gasteiger partial charge >= 0.3 is 0 Å². The first-order chi connectivity index (χ1) is 14.0. The molecule has 0 saturated carbocycles. The zero-order valence-electron chi connectivity index (χ0n) is 18.1. The Labute approximate surface area is 174 Å².